The predicted octanol–water partition coefficient (Wildman–Crippen LogP) is 1.14. The molecule has 0 radical (unpaired) electrons. The first-order valence-electron chi connectivity index (χ1n) is 5.40. The normalized spacial score (nSPS) is 39.5. The second-order valence-corrected chi connectivity index (χ2v) is 4.55. The van der Waals surface area contributed by atoms with Crippen LogP contribution >= 0.6 is 0 Å². The third-order valence-electron chi connectivity index (χ3n) is 3.59. The van der Waals surface area contributed by atoms with Gasteiger partial charge in [-0.3, -0.25) is 9.59 Å². The molecule has 0 aromatic rings. The van der Waals surface area contributed by atoms with Gasteiger partial charge in [0, 0.05) is 19.3 Å². The Kier molecular flexibility index (Phi) is 2.67. The second-order valence-electron chi connectivity index (χ2n) is 4.55. The molecule has 4 atom stereocenters. The van der Waals surface area contributed by atoms with E-state index in [4.69, 9.17) is 9.47 Å². The van der Waals surface area contributed by atoms with E-state index in [1.807, 2.05) is 0 Å². The van der Waals surface area contributed by atoms with Gasteiger partial charge in [0.1, 0.15) is 6.10 Å². The van der Waals surface area contributed by atoms with Crippen LogP contribution in [-0.2, 0) is 19.1 Å². The van der Waals surface area contributed by atoms with E-state index in [0.717, 1.165) is 6.42 Å². The summed E-state index contributed by atoms with van der Waals surface area (Å²) in [5, 5.41) is 0. The van der Waals surface area contributed by atoms with Crippen molar-refractivity contribution < 1.29 is 19.1 Å². The molecular formula is C11H16O4. The van der Waals surface area contributed by atoms with Crippen molar-refractivity contribution in [2.75, 3.05) is 6.61 Å². The molecule has 84 valence electrons. The molecule has 0 aromatic heterocycles. The number of ether oxygens (including phenoxy) is 2. The van der Waals surface area contributed by atoms with Crippen LogP contribution in [-0.4, -0.2) is 24.6 Å². The number of hydrogen-bond donors (Lipinski definition) is 0. The molecule has 0 unspecified atom stereocenters. The maximum Gasteiger partial charge on any atom is 0.306 e. The fourth-order valence-electron chi connectivity index (χ4n) is 2.75. The Balaban J connectivity index is 2.02. The highest BCUT2D eigenvalue weighted by atomic mass is 16.5. The molecule has 1 saturated heterocycles. The Hall–Kier alpha value is -1.06. The van der Waals surface area contributed by atoms with Gasteiger partial charge in [0.25, 0.3) is 0 Å². The molecule has 0 N–H and O–H groups in total. The molecule has 1 aliphatic heterocycles. The zero-order chi connectivity index (χ0) is 11.0. The third kappa shape index (κ3) is 1.98. The van der Waals surface area contributed by atoms with Crippen LogP contribution < -0.4 is 0 Å². The molecule has 1 saturated carbocycles. The van der Waals surface area contributed by atoms with Crippen LogP contribution in [0, 0.1) is 17.8 Å². The zero-order valence-corrected chi connectivity index (χ0v) is 9.06. The minimum atomic E-state index is -0.238. The van der Waals surface area contributed by atoms with Gasteiger partial charge in [0.2, 0.25) is 0 Å². The van der Waals surface area contributed by atoms with Crippen LogP contribution in [0.4, 0.5) is 0 Å². The van der Waals surface area contributed by atoms with E-state index in [1.54, 1.807) is 0 Å². The molecule has 15 heavy (non-hydrogen) atoms. The Labute approximate surface area is 88.9 Å². The molecule has 2 aliphatic rings. The van der Waals surface area contributed by atoms with E-state index in [0.29, 0.717) is 30.8 Å². The standard InChI is InChI=1S/C11H16O4/c1-6-9-5-14-11(13)4-8(9)3-10(6)15-7(2)12/h6,8-10H,3-5H2,1-2H3/t6-,8-,9-,10+/m0/s1. The number of carbonyl (C=O) groups is 2. The van der Waals surface area contributed by atoms with E-state index in [1.165, 1.54) is 6.92 Å². The van der Waals surface area contributed by atoms with Crippen molar-refractivity contribution >= 4 is 11.9 Å². The first-order chi connectivity index (χ1) is 7.08. The van der Waals surface area contributed by atoms with E-state index >= 15 is 0 Å². The Bertz CT molecular complexity index is 286. The molecule has 4 heteroatoms. The summed E-state index contributed by atoms with van der Waals surface area (Å²) < 4.78 is 10.3. The summed E-state index contributed by atoms with van der Waals surface area (Å²) in [6.45, 7) is 3.98. The molecule has 2 rings (SSSR count). The molecule has 1 heterocycles. The van der Waals surface area contributed by atoms with E-state index in [2.05, 4.69) is 6.92 Å². The maximum absolute atomic E-state index is 11.1. The van der Waals surface area contributed by atoms with Crippen molar-refractivity contribution in [3.63, 3.8) is 0 Å². The minimum absolute atomic E-state index is 0.0352. The number of cyclic esters (lactones) is 1. The van der Waals surface area contributed by atoms with Crippen LogP contribution in [0.15, 0.2) is 0 Å². The predicted molar refractivity (Wildman–Crippen MR) is 51.9 cm³/mol. The van der Waals surface area contributed by atoms with Crippen molar-refractivity contribution in [1.29, 1.82) is 0 Å². The Morgan fingerprint density at radius 3 is 2.93 bits per heavy atom. The number of hydrogen-bond acceptors (Lipinski definition) is 4. The molecule has 2 fully saturated rings. The summed E-state index contributed by atoms with van der Waals surface area (Å²) >= 11 is 0. The number of carbonyl (C=O) groups excluding carboxylic acids is 2. The molecule has 0 spiro atoms. The highest BCUT2D eigenvalue weighted by Crippen LogP contribution is 2.43. The zero-order valence-electron chi connectivity index (χ0n) is 9.06. The summed E-state index contributed by atoms with van der Waals surface area (Å²) in [5.74, 6) is 0.648. The van der Waals surface area contributed by atoms with Crippen LogP contribution in [0.5, 0.6) is 0 Å². The van der Waals surface area contributed by atoms with Gasteiger partial charge in [0.05, 0.1) is 6.61 Å². The lowest BCUT2D eigenvalue weighted by molar-refractivity contribution is -0.153. The lowest BCUT2D eigenvalue weighted by Crippen LogP contribution is -2.30. The van der Waals surface area contributed by atoms with Gasteiger partial charge in [-0.25, -0.2) is 0 Å². The number of esters is 2. The van der Waals surface area contributed by atoms with Crippen LogP contribution in [0.3, 0.4) is 0 Å². The fraction of sp³-hybridized carbons (Fsp3) is 0.818. The average molecular weight is 212 g/mol. The summed E-state index contributed by atoms with van der Waals surface area (Å²) in [6.07, 6.45) is 1.25. The van der Waals surface area contributed by atoms with Crippen molar-refractivity contribution in [2.24, 2.45) is 17.8 Å². The molecule has 4 nitrogen and oxygen atoms in total. The number of rotatable bonds is 1. The fourth-order valence-corrected chi connectivity index (χ4v) is 2.75. The average Bonchev–Trinajstić information content (AvgIpc) is 2.42. The highest BCUT2D eigenvalue weighted by molar-refractivity contribution is 5.70. The van der Waals surface area contributed by atoms with Crippen molar-refractivity contribution in [1.82, 2.24) is 0 Å². The molecule has 0 amide bonds. The van der Waals surface area contributed by atoms with E-state index in [9.17, 15) is 9.59 Å². The lowest BCUT2D eigenvalue weighted by atomic mass is 9.87. The molecule has 0 aromatic carbocycles. The van der Waals surface area contributed by atoms with Crippen molar-refractivity contribution in [3.8, 4) is 0 Å². The smallest absolute Gasteiger partial charge is 0.306 e. The maximum atomic E-state index is 11.1. The van der Waals surface area contributed by atoms with Gasteiger partial charge in [-0.05, 0) is 18.3 Å². The molecule has 0 bridgehead atoms. The monoisotopic (exact) mass is 212 g/mol. The van der Waals surface area contributed by atoms with Crippen molar-refractivity contribution in [2.45, 2.75) is 32.8 Å². The van der Waals surface area contributed by atoms with E-state index < -0.39 is 0 Å². The summed E-state index contributed by atoms with van der Waals surface area (Å²) in [6, 6.07) is 0. The van der Waals surface area contributed by atoms with Gasteiger partial charge in [-0.15, -0.1) is 0 Å². The summed E-state index contributed by atoms with van der Waals surface area (Å²) in [4.78, 5) is 22.0. The first kappa shape index (κ1) is 10.5. The van der Waals surface area contributed by atoms with Crippen LogP contribution in [0.25, 0.3) is 0 Å². The van der Waals surface area contributed by atoms with Gasteiger partial charge in [-0.1, -0.05) is 6.92 Å². The van der Waals surface area contributed by atoms with Gasteiger partial charge < -0.3 is 9.47 Å². The Morgan fingerprint density at radius 2 is 2.27 bits per heavy atom. The summed E-state index contributed by atoms with van der Waals surface area (Å²) in [7, 11) is 0. The first-order valence-corrected chi connectivity index (χ1v) is 5.40. The minimum Gasteiger partial charge on any atom is -0.465 e. The van der Waals surface area contributed by atoms with Gasteiger partial charge >= 0.3 is 11.9 Å². The third-order valence-corrected chi connectivity index (χ3v) is 3.59. The number of fused-ring (bicyclic) bond motifs is 1. The Morgan fingerprint density at radius 1 is 1.53 bits per heavy atom. The highest BCUT2D eigenvalue weighted by Gasteiger charge is 2.46. The largest absolute Gasteiger partial charge is 0.465 e. The SMILES string of the molecule is CC(=O)O[C@@H]1C[C@H]2CC(=O)OC[C@H]2[C@@H]1C. The van der Waals surface area contributed by atoms with Crippen molar-refractivity contribution in [3.05, 3.63) is 0 Å². The lowest BCUT2D eigenvalue weighted by Gasteiger charge is -2.26. The second kappa shape index (κ2) is 3.83. The molecular weight excluding hydrogens is 196 g/mol. The quantitative estimate of drug-likeness (QED) is 0.611. The van der Waals surface area contributed by atoms with Gasteiger partial charge in [0.15, 0.2) is 0 Å². The van der Waals surface area contributed by atoms with Gasteiger partial charge in [-0.2, -0.15) is 0 Å². The summed E-state index contributed by atoms with van der Waals surface area (Å²) in [5.41, 5.74) is 0. The topological polar surface area (TPSA) is 52.6 Å². The van der Waals surface area contributed by atoms with Crippen LogP contribution in [0.2, 0.25) is 0 Å². The molecule has 1 aliphatic carbocycles. The van der Waals surface area contributed by atoms with Crippen LogP contribution in [0.1, 0.15) is 26.7 Å². The van der Waals surface area contributed by atoms with E-state index in [-0.39, 0.29) is 18.0 Å².